The van der Waals surface area contributed by atoms with Gasteiger partial charge in [-0.25, -0.2) is 0 Å². The second-order valence-electron chi connectivity index (χ2n) is 9.78. The number of aryl methyl sites for hydroxylation is 2. The van der Waals surface area contributed by atoms with Crippen molar-refractivity contribution in [3.63, 3.8) is 0 Å². The number of nitro groups is 1. The molecule has 0 atom stereocenters. The van der Waals surface area contributed by atoms with Gasteiger partial charge in [0.05, 0.1) is 11.0 Å². The Balaban J connectivity index is 1.19. The van der Waals surface area contributed by atoms with Crippen molar-refractivity contribution in [3.8, 4) is 0 Å². The van der Waals surface area contributed by atoms with Gasteiger partial charge in [-0.1, -0.05) is 17.7 Å². The van der Waals surface area contributed by atoms with Gasteiger partial charge in [0.25, 0.3) is 5.69 Å². The van der Waals surface area contributed by atoms with E-state index in [-0.39, 0.29) is 29.2 Å². The van der Waals surface area contributed by atoms with Crippen molar-refractivity contribution in [1.29, 1.82) is 0 Å². The second-order valence-corrected chi connectivity index (χ2v) is 9.78. The highest BCUT2D eigenvalue weighted by Crippen LogP contribution is 2.30. The van der Waals surface area contributed by atoms with E-state index in [0.717, 1.165) is 57.5 Å². The van der Waals surface area contributed by atoms with Gasteiger partial charge in [-0.3, -0.25) is 14.9 Å². The lowest BCUT2D eigenvalue weighted by atomic mass is 9.91. The van der Waals surface area contributed by atoms with Crippen LogP contribution in [0.5, 0.6) is 0 Å². The first-order chi connectivity index (χ1) is 16.8. The van der Waals surface area contributed by atoms with Gasteiger partial charge in [-0.05, 0) is 63.8 Å². The minimum absolute atomic E-state index is 0.0779. The molecule has 8 nitrogen and oxygen atoms in total. The molecule has 0 spiro atoms. The monoisotopic (exact) mass is 480 g/mol. The summed E-state index contributed by atoms with van der Waals surface area (Å²) in [4.78, 5) is 29.9. The van der Waals surface area contributed by atoms with Crippen LogP contribution in [-0.2, 0) is 9.53 Å². The van der Waals surface area contributed by atoms with Gasteiger partial charge in [0.2, 0.25) is 5.91 Å². The largest absolute Gasteiger partial charge is 0.372 e. The maximum Gasteiger partial charge on any atom is 0.272 e. The Labute approximate surface area is 207 Å². The van der Waals surface area contributed by atoms with Crippen LogP contribution in [0.2, 0.25) is 0 Å². The third-order valence-corrected chi connectivity index (χ3v) is 7.45. The van der Waals surface area contributed by atoms with Gasteiger partial charge in [0.1, 0.15) is 6.61 Å². The SMILES string of the molecule is Cc1ccc(N2CCN(C(=O)CO[C@H]3CC[C@H](N(C)c4ccc([N+](=O)[O-])c(C)c4)CC3)CC2)cc1. The fourth-order valence-electron chi connectivity index (χ4n) is 5.12. The fourth-order valence-corrected chi connectivity index (χ4v) is 5.12. The number of hydrogen-bond acceptors (Lipinski definition) is 6. The van der Waals surface area contributed by atoms with Crippen molar-refractivity contribution in [2.75, 3.05) is 49.6 Å². The van der Waals surface area contributed by atoms with Crippen LogP contribution in [0.1, 0.15) is 36.8 Å². The lowest BCUT2D eigenvalue weighted by molar-refractivity contribution is -0.385. The highest BCUT2D eigenvalue weighted by Gasteiger charge is 2.27. The van der Waals surface area contributed by atoms with E-state index in [4.69, 9.17) is 4.74 Å². The van der Waals surface area contributed by atoms with E-state index in [1.54, 1.807) is 13.0 Å². The highest BCUT2D eigenvalue weighted by atomic mass is 16.6. The third-order valence-electron chi connectivity index (χ3n) is 7.45. The van der Waals surface area contributed by atoms with Crippen molar-refractivity contribution in [2.45, 2.75) is 51.7 Å². The van der Waals surface area contributed by atoms with Gasteiger partial charge in [0, 0.05) is 62.3 Å². The molecule has 1 saturated heterocycles. The van der Waals surface area contributed by atoms with Crippen LogP contribution in [0.15, 0.2) is 42.5 Å². The van der Waals surface area contributed by atoms with E-state index in [1.807, 2.05) is 24.1 Å². The zero-order chi connectivity index (χ0) is 24.9. The molecule has 1 heterocycles. The van der Waals surface area contributed by atoms with Gasteiger partial charge >= 0.3 is 0 Å². The first kappa shape index (κ1) is 25.0. The molecule has 1 amide bonds. The van der Waals surface area contributed by atoms with E-state index in [0.29, 0.717) is 11.6 Å². The molecule has 1 saturated carbocycles. The lowest BCUT2D eigenvalue weighted by Crippen LogP contribution is -2.50. The van der Waals surface area contributed by atoms with E-state index in [1.165, 1.54) is 11.3 Å². The molecular formula is C27H36N4O4. The zero-order valence-corrected chi connectivity index (χ0v) is 21.0. The summed E-state index contributed by atoms with van der Waals surface area (Å²) in [5, 5.41) is 11.1. The van der Waals surface area contributed by atoms with Crippen molar-refractivity contribution in [3.05, 3.63) is 63.7 Å². The number of rotatable bonds is 7. The summed E-state index contributed by atoms with van der Waals surface area (Å²) in [6, 6.07) is 14.2. The molecule has 2 fully saturated rings. The summed E-state index contributed by atoms with van der Waals surface area (Å²) in [5.74, 6) is 0.0779. The summed E-state index contributed by atoms with van der Waals surface area (Å²) in [7, 11) is 2.05. The minimum Gasteiger partial charge on any atom is -0.372 e. The maximum absolute atomic E-state index is 12.7. The van der Waals surface area contributed by atoms with Crippen LogP contribution in [-0.4, -0.2) is 67.7 Å². The molecule has 0 bridgehead atoms. The number of nitro benzene ring substituents is 1. The molecule has 2 aromatic rings. The molecule has 0 aromatic heterocycles. The third kappa shape index (κ3) is 6.11. The van der Waals surface area contributed by atoms with Crippen molar-refractivity contribution < 1.29 is 14.5 Å². The van der Waals surface area contributed by atoms with Crippen LogP contribution < -0.4 is 9.80 Å². The van der Waals surface area contributed by atoms with E-state index in [9.17, 15) is 14.9 Å². The summed E-state index contributed by atoms with van der Waals surface area (Å²) < 4.78 is 6.02. The number of nitrogens with zero attached hydrogens (tertiary/aromatic N) is 4. The number of ether oxygens (including phenoxy) is 1. The van der Waals surface area contributed by atoms with Crippen LogP contribution >= 0.6 is 0 Å². The Morgan fingerprint density at radius 2 is 1.69 bits per heavy atom. The summed E-state index contributed by atoms with van der Waals surface area (Å²) in [6.45, 7) is 7.15. The molecule has 188 valence electrons. The average Bonchev–Trinajstić information content (AvgIpc) is 2.87. The Hall–Kier alpha value is -3.13. The number of anilines is 2. The highest BCUT2D eigenvalue weighted by molar-refractivity contribution is 5.77. The maximum atomic E-state index is 12.7. The molecule has 1 aliphatic carbocycles. The Morgan fingerprint density at radius 1 is 1.03 bits per heavy atom. The fraction of sp³-hybridized carbons (Fsp3) is 0.519. The molecule has 0 N–H and O–H groups in total. The van der Waals surface area contributed by atoms with Crippen LogP contribution in [0.3, 0.4) is 0 Å². The normalized spacial score (nSPS) is 20.5. The number of carbonyl (C=O) groups excluding carboxylic acids is 1. The molecule has 0 radical (unpaired) electrons. The van der Waals surface area contributed by atoms with E-state index >= 15 is 0 Å². The standard InChI is InChI=1S/C27H36N4O4/c1-20-4-6-23(7-5-20)29-14-16-30(17-15-29)27(32)19-35-25-11-8-22(9-12-25)28(3)24-10-13-26(31(33)34)21(2)18-24/h4-7,10,13,18,22,25H,8-9,11-12,14-17,19H2,1-3H3/t22-,25-. The van der Waals surface area contributed by atoms with Crippen LogP contribution in [0, 0.1) is 24.0 Å². The Kier molecular flexibility index (Phi) is 7.90. The second kappa shape index (κ2) is 11.1. The van der Waals surface area contributed by atoms with Crippen LogP contribution in [0.4, 0.5) is 17.1 Å². The molecular weight excluding hydrogens is 444 g/mol. The van der Waals surface area contributed by atoms with Gasteiger partial charge in [-0.2, -0.15) is 0 Å². The first-order valence-electron chi connectivity index (χ1n) is 12.5. The Bertz CT molecular complexity index is 1030. The van der Waals surface area contributed by atoms with E-state index < -0.39 is 0 Å². The van der Waals surface area contributed by atoms with Crippen LogP contribution in [0.25, 0.3) is 0 Å². The van der Waals surface area contributed by atoms with E-state index in [2.05, 4.69) is 41.0 Å². The smallest absolute Gasteiger partial charge is 0.272 e. The zero-order valence-electron chi connectivity index (χ0n) is 21.0. The lowest BCUT2D eigenvalue weighted by Gasteiger charge is -2.37. The number of amides is 1. The number of hydrogen-bond donors (Lipinski definition) is 0. The predicted octanol–water partition coefficient (Wildman–Crippen LogP) is 4.32. The van der Waals surface area contributed by atoms with Crippen molar-refractivity contribution >= 4 is 23.0 Å². The summed E-state index contributed by atoms with van der Waals surface area (Å²) in [5.41, 5.74) is 4.29. The molecule has 4 rings (SSSR count). The quantitative estimate of drug-likeness (QED) is 0.434. The molecule has 0 unspecified atom stereocenters. The first-order valence-corrected chi connectivity index (χ1v) is 12.5. The minimum atomic E-state index is -0.340. The van der Waals surface area contributed by atoms with Crippen molar-refractivity contribution in [1.82, 2.24) is 4.90 Å². The predicted molar refractivity (Wildman–Crippen MR) is 138 cm³/mol. The number of benzene rings is 2. The number of piperazine rings is 1. The molecule has 2 aromatic carbocycles. The molecule has 8 heteroatoms. The van der Waals surface area contributed by atoms with Gasteiger partial charge in [-0.15, -0.1) is 0 Å². The molecule has 2 aliphatic rings. The number of carbonyl (C=O) groups is 1. The van der Waals surface area contributed by atoms with Gasteiger partial charge in [0.15, 0.2) is 0 Å². The van der Waals surface area contributed by atoms with Gasteiger partial charge < -0.3 is 19.4 Å². The molecule has 1 aliphatic heterocycles. The molecule has 35 heavy (non-hydrogen) atoms. The summed E-state index contributed by atoms with van der Waals surface area (Å²) >= 11 is 0. The average molecular weight is 481 g/mol. The summed E-state index contributed by atoms with van der Waals surface area (Å²) in [6.07, 6.45) is 3.88. The Morgan fingerprint density at radius 3 is 2.29 bits per heavy atom. The topological polar surface area (TPSA) is 79.2 Å². The van der Waals surface area contributed by atoms with Crippen molar-refractivity contribution in [2.24, 2.45) is 0 Å².